The van der Waals surface area contributed by atoms with Gasteiger partial charge in [-0.2, -0.15) is 0 Å². The van der Waals surface area contributed by atoms with Crippen molar-refractivity contribution in [1.29, 1.82) is 0 Å². The summed E-state index contributed by atoms with van der Waals surface area (Å²) in [5.74, 6) is 2.29. The molecule has 1 fully saturated rings. The number of aromatic nitrogens is 4. The van der Waals surface area contributed by atoms with Crippen molar-refractivity contribution in [1.82, 2.24) is 19.9 Å². The van der Waals surface area contributed by atoms with Crippen molar-refractivity contribution in [3.05, 3.63) is 47.0 Å². The maximum absolute atomic E-state index is 6.24. The Hall–Kier alpha value is -2.73. The molecule has 4 rings (SSSR count). The van der Waals surface area contributed by atoms with Crippen LogP contribution in [0.2, 0.25) is 5.15 Å². The van der Waals surface area contributed by atoms with Gasteiger partial charge in [0.2, 0.25) is 0 Å². The van der Waals surface area contributed by atoms with E-state index in [1.165, 1.54) is 12.8 Å². The fraction of sp³-hybridized carbons (Fsp3) is 0.333. The third kappa shape index (κ3) is 3.92. The van der Waals surface area contributed by atoms with Crippen molar-refractivity contribution >= 4 is 46.4 Å². The number of hydrogen-bond donors (Lipinski definition) is 0. The first-order valence-corrected chi connectivity index (χ1v) is 9.97. The number of hydrogen-bond acceptors (Lipinski definition) is 6. The summed E-state index contributed by atoms with van der Waals surface area (Å²) < 4.78 is 0. The molecule has 0 atom stereocenters. The number of nitrogens with zero attached hydrogens (tertiary/aromatic N) is 6. The van der Waals surface area contributed by atoms with E-state index < -0.39 is 0 Å². The lowest BCUT2D eigenvalue weighted by molar-refractivity contribution is 0.923. The standard InChI is InChI=1S/C21H23ClN6/c1-3-27(2)21-17(23-15-8-4-5-9-16(15)24-21)10-11-19-25-18(22)14-20(26-19)28-12-6-7-13-28/h4-5,8-11,14H,3,6-7,12-13H2,1-2H3. The Kier molecular flexibility index (Phi) is 5.39. The highest BCUT2D eigenvalue weighted by atomic mass is 35.5. The van der Waals surface area contributed by atoms with E-state index in [9.17, 15) is 0 Å². The van der Waals surface area contributed by atoms with Crippen molar-refractivity contribution < 1.29 is 0 Å². The summed E-state index contributed by atoms with van der Waals surface area (Å²) in [6.45, 7) is 4.95. The monoisotopic (exact) mass is 394 g/mol. The molecule has 0 unspecified atom stereocenters. The largest absolute Gasteiger partial charge is 0.358 e. The topological polar surface area (TPSA) is 58.0 Å². The van der Waals surface area contributed by atoms with Crippen LogP contribution < -0.4 is 9.80 Å². The van der Waals surface area contributed by atoms with E-state index >= 15 is 0 Å². The maximum Gasteiger partial charge on any atom is 0.156 e. The van der Waals surface area contributed by atoms with E-state index in [1.807, 2.05) is 49.5 Å². The average Bonchev–Trinajstić information content (AvgIpc) is 3.25. The van der Waals surface area contributed by atoms with Crippen molar-refractivity contribution in [2.24, 2.45) is 0 Å². The highest BCUT2D eigenvalue weighted by Crippen LogP contribution is 2.23. The van der Waals surface area contributed by atoms with Crippen LogP contribution in [0.4, 0.5) is 11.6 Å². The fourth-order valence-electron chi connectivity index (χ4n) is 3.31. The van der Waals surface area contributed by atoms with E-state index in [4.69, 9.17) is 21.6 Å². The number of anilines is 2. The summed E-state index contributed by atoms with van der Waals surface area (Å²) in [5.41, 5.74) is 2.53. The van der Waals surface area contributed by atoms with Gasteiger partial charge in [-0.1, -0.05) is 23.7 Å². The van der Waals surface area contributed by atoms with Crippen molar-refractivity contribution in [2.45, 2.75) is 19.8 Å². The van der Waals surface area contributed by atoms with Crippen LogP contribution in [-0.2, 0) is 0 Å². The van der Waals surface area contributed by atoms with Crippen molar-refractivity contribution in [2.75, 3.05) is 36.5 Å². The lowest BCUT2D eigenvalue weighted by Gasteiger charge is -2.18. The van der Waals surface area contributed by atoms with Gasteiger partial charge in [-0.15, -0.1) is 0 Å². The van der Waals surface area contributed by atoms with E-state index in [-0.39, 0.29) is 0 Å². The molecule has 0 N–H and O–H groups in total. The molecule has 144 valence electrons. The Labute approximate surface area is 169 Å². The quantitative estimate of drug-likeness (QED) is 0.601. The van der Waals surface area contributed by atoms with Crippen LogP contribution in [0.3, 0.4) is 0 Å². The van der Waals surface area contributed by atoms with Gasteiger partial charge in [0.05, 0.1) is 11.0 Å². The fourth-order valence-corrected chi connectivity index (χ4v) is 3.49. The van der Waals surface area contributed by atoms with Gasteiger partial charge in [-0.05, 0) is 44.1 Å². The zero-order chi connectivity index (χ0) is 19.5. The molecule has 3 aromatic rings. The third-order valence-electron chi connectivity index (χ3n) is 4.93. The summed E-state index contributed by atoms with van der Waals surface area (Å²) in [6.07, 6.45) is 6.15. The Morgan fingerprint density at radius 2 is 1.75 bits per heavy atom. The molecule has 28 heavy (non-hydrogen) atoms. The molecule has 6 nitrogen and oxygen atoms in total. The highest BCUT2D eigenvalue weighted by molar-refractivity contribution is 6.29. The van der Waals surface area contributed by atoms with Gasteiger partial charge < -0.3 is 9.80 Å². The van der Waals surface area contributed by atoms with E-state index in [1.54, 1.807) is 0 Å². The molecule has 1 saturated heterocycles. The predicted molar refractivity (Wildman–Crippen MR) is 116 cm³/mol. The first-order chi connectivity index (χ1) is 13.6. The minimum atomic E-state index is 0.451. The summed E-state index contributed by atoms with van der Waals surface area (Å²) in [5, 5.41) is 0.451. The van der Waals surface area contributed by atoms with Gasteiger partial charge in [0.25, 0.3) is 0 Å². The summed E-state index contributed by atoms with van der Waals surface area (Å²) in [6, 6.07) is 9.72. The first-order valence-electron chi connectivity index (χ1n) is 9.59. The van der Waals surface area contributed by atoms with Crippen molar-refractivity contribution in [3.8, 4) is 0 Å². The smallest absolute Gasteiger partial charge is 0.156 e. The van der Waals surface area contributed by atoms with Crippen LogP contribution in [0.15, 0.2) is 30.3 Å². The lowest BCUT2D eigenvalue weighted by Crippen LogP contribution is -2.19. The molecule has 7 heteroatoms. The average molecular weight is 395 g/mol. The summed E-state index contributed by atoms with van der Waals surface area (Å²) >= 11 is 6.24. The molecule has 1 aliphatic heterocycles. The molecule has 0 amide bonds. The molecule has 0 saturated carbocycles. The molecular weight excluding hydrogens is 372 g/mol. The predicted octanol–water partition coefficient (Wildman–Crippen LogP) is 4.30. The number of fused-ring (bicyclic) bond motifs is 1. The molecule has 0 spiro atoms. The van der Waals surface area contributed by atoms with Crippen LogP contribution in [0.1, 0.15) is 31.3 Å². The van der Waals surface area contributed by atoms with Crippen LogP contribution in [0, 0.1) is 0 Å². The highest BCUT2D eigenvalue weighted by Gasteiger charge is 2.15. The Balaban J connectivity index is 1.71. The first kappa shape index (κ1) is 18.6. The Bertz CT molecular complexity index is 1010. The second-order valence-corrected chi connectivity index (χ2v) is 7.26. The van der Waals surface area contributed by atoms with Crippen LogP contribution in [0.5, 0.6) is 0 Å². The number of rotatable bonds is 5. The number of halogens is 1. The molecule has 0 bridgehead atoms. The SMILES string of the molecule is CCN(C)c1nc2ccccc2nc1C=Cc1nc(Cl)cc(N2CCCC2)n1. The molecule has 2 aromatic heterocycles. The molecule has 3 heterocycles. The summed E-state index contributed by atoms with van der Waals surface area (Å²) in [4.78, 5) is 22.9. The molecule has 1 aromatic carbocycles. The minimum Gasteiger partial charge on any atom is -0.358 e. The maximum atomic E-state index is 6.24. The van der Waals surface area contributed by atoms with Crippen LogP contribution in [-0.4, -0.2) is 46.6 Å². The van der Waals surface area contributed by atoms with Gasteiger partial charge in [0.15, 0.2) is 11.6 Å². The van der Waals surface area contributed by atoms with Gasteiger partial charge in [-0.25, -0.2) is 19.9 Å². The second-order valence-electron chi connectivity index (χ2n) is 6.87. The van der Waals surface area contributed by atoms with Crippen molar-refractivity contribution in [3.63, 3.8) is 0 Å². The molecule has 1 aliphatic rings. The zero-order valence-electron chi connectivity index (χ0n) is 16.1. The molecular formula is C21H23ClN6. The van der Waals surface area contributed by atoms with Gasteiger partial charge >= 0.3 is 0 Å². The third-order valence-corrected chi connectivity index (χ3v) is 5.13. The summed E-state index contributed by atoms with van der Waals surface area (Å²) in [7, 11) is 2.01. The van der Waals surface area contributed by atoms with Gasteiger partial charge in [0, 0.05) is 32.7 Å². The second kappa shape index (κ2) is 8.10. The van der Waals surface area contributed by atoms with E-state index in [0.29, 0.717) is 11.0 Å². The van der Waals surface area contributed by atoms with Crippen LogP contribution >= 0.6 is 11.6 Å². The minimum absolute atomic E-state index is 0.451. The number of para-hydroxylation sites is 2. The zero-order valence-corrected chi connectivity index (χ0v) is 16.9. The molecule has 0 aliphatic carbocycles. The van der Waals surface area contributed by atoms with Gasteiger partial charge in [-0.3, -0.25) is 0 Å². The Morgan fingerprint density at radius 1 is 1.04 bits per heavy atom. The van der Waals surface area contributed by atoms with E-state index in [2.05, 4.69) is 26.7 Å². The Morgan fingerprint density at radius 3 is 2.46 bits per heavy atom. The lowest BCUT2D eigenvalue weighted by atomic mass is 10.2. The molecule has 0 radical (unpaired) electrons. The normalized spacial score (nSPS) is 14.3. The van der Waals surface area contributed by atoms with Crippen LogP contribution in [0.25, 0.3) is 23.2 Å². The number of benzene rings is 1. The van der Waals surface area contributed by atoms with E-state index in [0.717, 1.165) is 48.0 Å². The van der Waals surface area contributed by atoms with Gasteiger partial charge in [0.1, 0.15) is 16.7 Å².